The highest BCUT2D eigenvalue weighted by Crippen LogP contribution is 2.41. The van der Waals surface area contributed by atoms with E-state index in [9.17, 15) is 0 Å². The van der Waals surface area contributed by atoms with E-state index in [0.29, 0.717) is 11.4 Å². The monoisotopic (exact) mass is 389 g/mol. The lowest BCUT2D eigenvalue weighted by atomic mass is 10.0. The summed E-state index contributed by atoms with van der Waals surface area (Å²) < 4.78 is 0. The van der Waals surface area contributed by atoms with Gasteiger partial charge in [-0.3, -0.25) is 5.41 Å². The van der Waals surface area contributed by atoms with Crippen molar-refractivity contribution in [3.8, 4) is 0 Å². The Morgan fingerprint density at radius 2 is 1.07 bits per heavy atom. The fraction of sp³-hybridized carbons (Fsp3) is 0. The highest BCUT2D eigenvalue weighted by Gasteiger charge is 2.18. The second kappa shape index (κ2) is 5.87. The van der Waals surface area contributed by atoms with Crippen molar-refractivity contribution in [2.24, 2.45) is 0 Å². The van der Waals surface area contributed by atoms with Gasteiger partial charge in [0.25, 0.3) is 0 Å². The van der Waals surface area contributed by atoms with Crippen molar-refractivity contribution in [3.05, 3.63) is 70.8 Å². The van der Waals surface area contributed by atoms with Crippen LogP contribution < -0.4 is 22.1 Å². The lowest BCUT2D eigenvalue weighted by molar-refractivity contribution is 1.44. The van der Waals surface area contributed by atoms with Crippen molar-refractivity contribution in [2.45, 2.75) is 0 Å². The molecule has 7 N–H and O–H groups in total. The maximum atomic E-state index is 8.59. The minimum atomic E-state index is 0.117. The van der Waals surface area contributed by atoms with Gasteiger partial charge in [0.05, 0.1) is 22.7 Å². The molecule has 0 aliphatic heterocycles. The van der Waals surface area contributed by atoms with Crippen LogP contribution in [0.5, 0.6) is 0 Å². The molecular formula is C25H19N5. The molecule has 30 heavy (non-hydrogen) atoms. The molecule has 0 spiro atoms. The van der Waals surface area contributed by atoms with Crippen LogP contribution in [0.25, 0.3) is 45.8 Å². The zero-order chi connectivity index (χ0) is 20.4. The Kier molecular flexibility index (Phi) is 3.27. The number of benzene rings is 4. The summed E-state index contributed by atoms with van der Waals surface area (Å²) in [5, 5.41) is 19.2. The Morgan fingerprint density at radius 3 is 1.53 bits per heavy atom. The molecule has 4 aromatic carbocycles. The highest BCUT2D eigenvalue weighted by molar-refractivity contribution is 6.19. The molecule has 0 amide bonds. The zero-order valence-electron chi connectivity index (χ0n) is 16.1. The van der Waals surface area contributed by atoms with Gasteiger partial charge in [-0.1, -0.05) is 60.7 Å². The lowest BCUT2D eigenvalue weighted by Crippen LogP contribution is -2.22. The van der Waals surface area contributed by atoms with Crippen LogP contribution >= 0.6 is 0 Å². The summed E-state index contributed by atoms with van der Waals surface area (Å²) in [5.74, 6) is 0.117. The highest BCUT2D eigenvalue weighted by atomic mass is 15.1. The fourth-order valence-electron chi connectivity index (χ4n) is 4.60. The summed E-state index contributed by atoms with van der Waals surface area (Å²) in [6.07, 6.45) is 8.32. The molecule has 0 radical (unpaired) electrons. The molecule has 0 saturated heterocycles. The van der Waals surface area contributed by atoms with Gasteiger partial charge in [0.15, 0.2) is 5.96 Å². The lowest BCUT2D eigenvalue weighted by Gasteiger charge is -2.18. The van der Waals surface area contributed by atoms with Gasteiger partial charge >= 0.3 is 0 Å². The number of hydrogen-bond acceptors (Lipinski definition) is 3. The molecule has 2 aliphatic carbocycles. The van der Waals surface area contributed by atoms with Crippen LogP contribution in [0.3, 0.4) is 0 Å². The standard InChI is InChI=1S/C25H19N5/c26-19-11-15-9-7-13-3-1-5-17(21(13)15)23(19)29-25(28)30-24-18-6-2-4-14-8-10-16(22(14)18)12-20(24)27/h1-12H,26-27H2,(H3,28,29,30). The van der Waals surface area contributed by atoms with E-state index in [2.05, 4.69) is 47.1 Å². The molecule has 5 nitrogen and oxygen atoms in total. The largest absolute Gasteiger partial charge is 0.397 e. The topological polar surface area (TPSA) is 100.0 Å². The zero-order valence-corrected chi connectivity index (χ0v) is 16.1. The van der Waals surface area contributed by atoms with E-state index in [0.717, 1.165) is 55.2 Å². The number of guanidine groups is 1. The van der Waals surface area contributed by atoms with Crippen LogP contribution in [0.15, 0.2) is 48.5 Å². The fourth-order valence-corrected chi connectivity index (χ4v) is 4.60. The molecular weight excluding hydrogens is 370 g/mol. The molecule has 0 bridgehead atoms. The maximum absolute atomic E-state index is 8.59. The number of rotatable bonds is 2. The van der Waals surface area contributed by atoms with Crippen molar-refractivity contribution >= 4 is 74.6 Å². The molecule has 0 saturated carbocycles. The van der Waals surface area contributed by atoms with Crippen LogP contribution in [0, 0.1) is 5.41 Å². The average Bonchev–Trinajstić information content (AvgIpc) is 3.34. The van der Waals surface area contributed by atoms with E-state index >= 15 is 0 Å². The van der Waals surface area contributed by atoms with Crippen LogP contribution in [0.4, 0.5) is 22.7 Å². The van der Waals surface area contributed by atoms with Gasteiger partial charge in [0, 0.05) is 10.8 Å². The van der Waals surface area contributed by atoms with Crippen LogP contribution in [0.1, 0.15) is 22.3 Å². The molecule has 2 aliphatic rings. The number of nitrogen functional groups attached to an aromatic ring is 2. The summed E-state index contributed by atoms with van der Waals surface area (Å²) in [4.78, 5) is 0. The predicted molar refractivity (Wildman–Crippen MR) is 130 cm³/mol. The number of nitrogens with two attached hydrogens (primary N) is 2. The Bertz CT molecular complexity index is 1370. The second-order valence-corrected chi connectivity index (χ2v) is 7.69. The summed E-state index contributed by atoms with van der Waals surface area (Å²) in [5.41, 5.74) is 19.9. The summed E-state index contributed by atoms with van der Waals surface area (Å²) >= 11 is 0. The molecule has 0 atom stereocenters. The van der Waals surface area contributed by atoms with Crippen molar-refractivity contribution < 1.29 is 0 Å². The van der Waals surface area contributed by atoms with Crippen molar-refractivity contribution in [1.29, 1.82) is 5.41 Å². The molecule has 0 aromatic heterocycles. The van der Waals surface area contributed by atoms with Gasteiger partial charge in [-0.05, 0) is 45.2 Å². The van der Waals surface area contributed by atoms with E-state index in [4.69, 9.17) is 16.9 Å². The second-order valence-electron chi connectivity index (χ2n) is 7.69. The van der Waals surface area contributed by atoms with Crippen molar-refractivity contribution in [2.75, 3.05) is 22.1 Å². The first-order valence-electron chi connectivity index (χ1n) is 9.79. The van der Waals surface area contributed by atoms with E-state index in [1.54, 1.807) is 0 Å². The first kappa shape index (κ1) is 16.7. The number of nitrogens with one attached hydrogen (secondary N) is 3. The first-order valence-corrected chi connectivity index (χ1v) is 9.79. The minimum Gasteiger partial charge on any atom is -0.397 e. The SMILES string of the molecule is N=C(Nc1c(N)cc2c3c(cccc13)C=C2)Nc1c(N)cc2c3c(cccc13)C=C2. The van der Waals surface area contributed by atoms with E-state index in [1.807, 2.05) is 36.4 Å². The Morgan fingerprint density at radius 1 is 0.633 bits per heavy atom. The summed E-state index contributed by atoms with van der Waals surface area (Å²) in [6.45, 7) is 0. The molecule has 4 aromatic rings. The van der Waals surface area contributed by atoms with Crippen LogP contribution in [-0.4, -0.2) is 5.96 Å². The van der Waals surface area contributed by atoms with Crippen molar-refractivity contribution in [1.82, 2.24) is 0 Å². The molecule has 5 heteroatoms. The Labute approximate surface area is 173 Å². The molecule has 0 fully saturated rings. The van der Waals surface area contributed by atoms with Gasteiger partial charge in [0.1, 0.15) is 0 Å². The van der Waals surface area contributed by atoms with Crippen LogP contribution in [0.2, 0.25) is 0 Å². The van der Waals surface area contributed by atoms with Gasteiger partial charge in [0.2, 0.25) is 0 Å². The summed E-state index contributed by atoms with van der Waals surface area (Å²) in [7, 11) is 0. The smallest absolute Gasteiger partial charge is 0.197 e. The van der Waals surface area contributed by atoms with Gasteiger partial charge in [-0.2, -0.15) is 0 Å². The van der Waals surface area contributed by atoms with E-state index in [-0.39, 0.29) is 5.96 Å². The first-order chi connectivity index (χ1) is 14.6. The van der Waals surface area contributed by atoms with Gasteiger partial charge < -0.3 is 22.1 Å². The van der Waals surface area contributed by atoms with E-state index in [1.165, 1.54) is 0 Å². The molecule has 0 heterocycles. The van der Waals surface area contributed by atoms with Crippen molar-refractivity contribution in [3.63, 3.8) is 0 Å². The third kappa shape index (κ3) is 2.26. The third-order valence-corrected chi connectivity index (χ3v) is 5.89. The van der Waals surface area contributed by atoms with Gasteiger partial charge in [-0.15, -0.1) is 0 Å². The average molecular weight is 389 g/mol. The number of anilines is 4. The molecule has 6 rings (SSSR count). The van der Waals surface area contributed by atoms with Gasteiger partial charge in [-0.25, -0.2) is 0 Å². The third-order valence-electron chi connectivity index (χ3n) is 5.89. The Hall–Kier alpha value is -4.25. The normalized spacial score (nSPS) is 12.8. The summed E-state index contributed by atoms with van der Waals surface area (Å²) in [6, 6.07) is 16.1. The Balaban J connectivity index is 1.40. The van der Waals surface area contributed by atoms with Crippen LogP contribution in [-0.2, 0) is 0 Å². The maximum Gasteiger partial charge on any atom is 0.197 e. The molecule has 144 valence electrons. The quantitative estimate of drug-likeness (QED) is 0.151. The number of hydrogen-bond donors (Lipinski definition) is 5. The van der Waals surface area contributed by atoms with E-state index < -0.39 is 0 Å². The molecule has 0 unspecified atom stereocenters. The minimum absolute atomic E-state index is 0.117. The predicted octanol–water partition coefficient (Wildman–Crippen LogP) is 5.58.